The fraction of sp³-hybridized carbons (Fsp3) is 0.400. The van der Waals surface area contributed by atoms with Crippen LogP contribution in [0.25, 0.3) is 0 Å². The number of aromatic nitrogens is 2. The minimum Gasteiger partial charge on any atom is -0.468 e. The second-order valence-electron chi connectivity index (χ2n) is 5.52. The van der Waals surface area contributed by atoms with Crippen LogP contribution in [0, 0.1) is 0 Å². The van der Waals surface area contributed by atoms with Crippen LogP contribution >= 0.6 is 0 Å². The number of furan rings is 1. The van der Waals surface area contributed by atoms with Gasteiger partial charge in [0.05, 0.1) is 28.7 Å². The predicted octanol–water partition coefficient (Wildman–Crippen LogP) is 2.11. The first kappa shape index (κ1) is 12.4. The first-order valence-electron chi connectivity index (χ1n) is 7.23. The number of aromatic amines is 1. The van der Waals surface area contributed by atoms with Crippen LogP contribution < -0.4 is 4.90 Å². The van der Waals surface area contributed by atoms with E-state index < -0.39 is 0 Å². The average molecular weight is 285 g/mol. The van der Waals surface area contributed by atoms with Crippen molar-refractivity contribution in [3.63, 3.8) is 0 Å². The molecule has 0 aromatic carbocycles. The number of aryl methyl sites for hydroxylation is 2. The molecule has 3 heterocycles. The molecule has 0 unspecified atom stereocenters. The number of carbonyl (C=O) groups excluding carboxylic acids is 2. The number of H-pyrrole nitrogens is 1. The third-order valence-electron chi connectivity index (χ3n) is 4.22. The van der Waals surface area contributed by atoms with Gasteiger partial charge in [0.15, 0.2) is 5.78 Å². The molecule has 0 saturated carbocycles. The largest absolute Gasteiger partial charge is 0.468 e. The number of ketones is 1. The third-order valence-corrected chi connectivity index (χ3v) is 4.22. The monoisotopic (exact) mass is 285 g/mol. The Bertz CT molecular complexity index is 728. The highest BCUT2D eigenvalue weighted by atomic mass is 16.3. The second-order valence-corrected chi connectivity index (χ2v) is 5.52. The molecule has 0 radical (unpaired) electrons. The molecule has 2 aliphatic rings. The van der Waals surface area contributed by atoms with Crippen LogP contribution in [0.3, 0.4) is 0 Å². The molecule has 0 bridgehead atoms. The summed E-state index contributed by atoms with van der Waals surface area (Å²) in [6.45, 7) is 0.638. The minimum atomic E-state index is -0.169. The topological polar surface area (TPSA) is 79.2 Å². The van der Waals surface area contributed by atoms with Crippen LogP contribution in [0.2, 0.25) is 0 Å². The zero-order valence-corrected chi connectivity index (χ0v) is 11.5. The summed E-state index contributed by atoms with van der Waals surface area (Å²) in [6.07, 6.45) is 6.89. The summed E-state index contributed by atoms with van der Waals surface area (Å²) >= 11 is 0. The molecular weight excluding hydrogens is 270 g/mol. The third kappa shape index (κ3) is 1.82. The summed E-state index contributed by atoms with van der Waals surface area (Å²) in [5.74, 6) is 0.495. The van der Waals surface area contributed by atoms with Gasteiger partial charge in [0, 0.05) is 19.4 Å². The van der Waals surface area contributed by atoms with Gasteiger partial charge in [0.2, 0.25) is 0 Å². The van der Waals surface area contributed by atoms with Gasteiger partial charge in [0.1, 0.15) is 12.0 Å². The van der Waals surface area contributed by atoms with Gasteiger partial charge < -0.3 is 9.32 Å². The first-order valence-corrected chi connectivity index (χ1v) is 7.23. The van der Waals surface area contributed by atoms with Crippen molar-refractivity contribution in [2.45, 2.75) is 32.1 Å². The van der Waals surface area contributed by atoms with Gasteiger partial charge in [0.25, 0.3) is 5.91 Å². The van der Waals surface area contributed by atoms with Crippen LogP contribution in [0.4, 0.5) is 5.69 Å². The number of Topliss-reactive ketones (excluding diaryl/α,β-unsaturated/α-hetero) is 1. The Hall–Kier alpha value is -2.37. The fourth-order valence-corrected chi connectivity index (χ4v) is 3.19. The number of carbonyl (C=O) groups is 2. The molecule has 1 amide bonds. The molecule has 0 fully saturated rings. The number of hydrogen-bond acceptors (Lipinski definition) is 4. The highest BCUT2D eigenvalue weighted by molar-refractivity contribution is 6.14. The van der Waals surface area contributed by atoms with Gasteiger partial charge in [-0.15, -0.1) is 0 Å². The van der Waals surface area contributed by atoms with Gasteiger partial charge in [-0.25, -0.2) is 0 Å². The minimum absolute atomic E-state index is 0.0118. The predicted molar refractivity (Wildman–Crippen MR) is 74.6 cm³/mol. The summed E-state index contributed by atoms with van der Waals surface area (Å²) in [6, 6.07) is 0. The molecule has 0 saturated heterocycles. The molecule has 108 valence electrons. The van der Waals surface area contributed by atoms with E-state index in [1.54, 1.807) is 11.1 Å². The molecule has 6 nitrogen and oxygen atoms in total. The molecule has 4 rings (SSSR count). The first-order chi connectivity index (χ1) is 10.3. The highest BCUT2D eigenvalue weighted by Gasteiger charge is 2.32. The Kier molecular flexibility index (Phi) is 2.70. The summed E-state index contributed by atoms with van der Waals surface area (Å²) in [4.78, 5) is 26.6. The molecule has 6 heteroatoms. The van der Waals surface area contributed by atoms with E-state index in [0.29, 0.717) is 29.9 Å². The van der Waals surface area contributed by atoms with Crippen LogP contribution in [0.15, 0.2) is 16.9 Å². The number of anilines is 1. The molecule has 2 aromatic heterocycles. The van der Waals surface area contributed by atoms with E-state index in [-0.39, 0.29) is 11.7 Å². The number of nitrogens with zero attached hydrogens (tertiary/aromatic N) is 2. The van der Waals surface area contributed by atoms with E-state index in [9.17, 15) is 9.59 Å². The van der Waals surface area contributed by atoms with Crippen molar-refractivity contribution in [1.29, 1.82) is 0 Å². The number of nitrogens with one attached hydrogen (secondary N) is 1. The molecule has 0 spiro atoms. The standard InChI is InChI=1S/C15H15N3O3/c19-12-4-1-5-13-14(12)9(8-21-13)15(20)18-6-2-3-10-11(18)7-16-17-10/h7-8H,1-6H2,(H,16,17). The van der Waals surface area contributed by atoms with E-state index in [0.717, 1.165) is 37.1 Å². The Morgan fingerprint density at radius 3 is 3.10 bits per heavy atom. The van der Waals surface area contributed by atoms with Crippen LogP contribution in [-0.4, -0.2) is 28.4 Å². The van der Waals surface area contributed by atoms with Crippen molar-refractivity contribution >= 4 is 17.4 Å². The zero-order valence-electron chi connectivity index (χ0n) is 11.5. The maximum Gasteiger partial charge on any atom is 0.262 e. The smallest absolute Gasteiger partial charge is 0.262 e. The van der Waals surface area contributed by atoms with Crippen molar-refractivity contribution in [1.82, 2.24) is 10.2 Å². The molecular formula is C15H15N3O3. The molecule has 1 aliphatic carbocycles. The summed E-state index contributed by atoms with van der Waals surface area (Å²) < 4.78 is 5.45. The number of hydrogen-bond donors (Lipinski definition) is 1. The zero-order chi connectivity index (χ0) is 14.4. The van der Waals surface area contributed by atoms with Gasteiger partial charge in [-0.2, -0.15) is 5.10 Å². The lowest BCUT2D eigenvalue weighted by Crippen LogP contribution is -2.35. The molecule has 1 N–H and O–H groups in total. The average Bonchev–Trinajstić information content (AvgIpc) is 3.13. The second kappa shape index (κ2) is 4.58. The van der Waals surface area contributed by atoms with Crippen LogP contribution in [0.1, 0.15) is 51.4 Å². The van der Waals surface area contributed by atoms with E-state index in [2.05, 4.69) is 10.2 Å². The quantitative estimate of drug-likeness (QED) is 0.870. The fourth-order valence-electron chi connectivity index (χ4n) is 3.19. The maximum absolute atomic E-state index is 12.8. The Morgan fingerprint density at radius 2 is 2.19 bits per heavy atom. The van der Waals surface area contributed by atoms with Crippen LogP contribution in [-0.2, 0) is 12.8 Å². The van der Waals surface area contributed by atoms with Crippen molar-refractivity contribution in [3.8, 4) is 0 Å². The van der Waals surface area contributed by atoms with E-state index in [1.165, 1.54) is 6.26 Å². The van der Waals surface area contributed by atoms with Crippen molar-refractivity contribution in [2.24, 2.45) is 0 Å². The number of rotatable bonds is 1. The normalized spacial score (nSPS) is 17.5. The van der Waals surface area contributed by atoms with Gasteiger partial charge in [-0.05, 0) is 19.3 Å². The lowest BCUT2D eigenvalue weighted by atomic mass is 9.93. The number of fused-ring (bicyclic) bond motifs is 2. The van der Waals surface area contributed by atoms with E-state index in [4.69, 9.17) is 4.42 Å². The van der Waals surface area contributed by atoms with Gasteiger partial charge >= 0.3 is 0 Å². The van der Waals surface area contributed by atoms with E-state index >= 15 is 0 Å². The Morgan fingerprint density at radius 1 is 1.29 bits per heavy atom. The molecule has 1 aliphatic heterocycles. The maximum atomic E-state index is 12.8. The lowest BCUT2D eigenvalue weighted by molar-refractivity contribution is 0.0944. The lowest BCUT2D eigenvalue weighted by Gasteiger charge is -2.26. The summed E-state index contributed by atoms with van der Waals surface area (Å²) in [7, 11) is 0. The van der Waals surface area contributed by atoms with Crippen molar-refractivity contribution in [3.05, 3.63) is 35.0 Å². The van der Waals surface area contributed by atoms with Crippen molar-refractivity contribution in [2.75, 3.05) is 11.4 Å². The SMILES string of the molecule is O=C1CCCc2occ(C(=O)N3CCCc4[nH]ncc43)c21. The van der Waals surface area contributed by atoms with Crippen LogP contribution in [0.5, 0.6) is 0 Å². The molecule has 21 heavy (non-hydrogen) atoms. The Labute approximate surface area is 121 Å². The number of amides is 1. The van der Waals surface area contributed by atoms with Gasteiger partial charge in [-0.3, -0.25) is 14.7 Å². The van der Waals surface area contributed by atoms with Gasteiger partial charge in [-0.1, -0.05) is 0 Å². The molecule has 0 atom stereocenters. The van der Waals surface area contributed by atoms with E-state index in [1.807, 2.05) is 0 Å². The molecule has 2 aromatic rings. The Balaban J connectivity index is 1.74. The highest BCUT2D eigenvalue weighted by Crippen LogP contribution is 2.31. The summed E-state index contributed by atoms with van der Waals surface area (Å²) in [5, 5.41) is 6.94. The van der Waals surface area contributed by atoms with Crippen molar-refractivity contribution < 1.29 is 14.0 Å². The summed E-state index contributed by atoms with van der Waals surface area (Å²) in [5.41, 5.74) is 2.66.